The Bertz CT molecular complexity index is 439. The predicted molar refractivity (Wildman–Crippen MR) is 85.1 cm³/mol. The minimum atomic E-state index is -0.165. The quantitative estimate of drug-likeness (QED) is 0.800. The van der Waals surface area contributed by atoms with E-state index in [0.29, 0.717) is 12.0 Å². The van der Waals surface area contributed by atoms with Crippen LogP contribution in [0.3, 0.4) is 0 Å². The molecule has 0 fully saturated rings. The Morgan fingerprint density at radius 3 is 2.19 bits per heavy atom. The molecule has 4 nitrogen and oxygen atoms in total. The van der Waals surface area contributed by atoms with Crippen LogP contribution in [-0.2, 0) is 4.79 Å². The molecule has 4 heteroatoms. The molecule has 0 saturated heterocycles. The third-order valence-electron chi connectivity index (χ3n) is 3.23. The third-order valence-corrected chi connectivity index (χ3v) is 3.23. The summed E-state index contributed by atoms with van der Waals surface area (Å²) in [6, 6.07) is 8.90. The highest BCUT2D eigenvalue weighted by atomic mass is 16.2. The number of nitrogens with one attached hydrogen (secondary N) is 1. The van der Waals surface area contributed by atoms with Gasteiger partial charge >= 0.3 is 0 Å². The molecular formula is C17H26N2O2. The zero-order chi connectivity index (χ0) is 15.7. The van der Waals surface area contributed by atoms with Gasteiger partial charge in [0.15, 0.2) is 0 Å². The molecule has 0 aliphatic rings. The maximum atomic E-state index is 12.2. The summed E-state index contributed by atoms with van der Waals surface area (Å²) in [6.07, 6.45) is 2.26. The number of carbonyl (C=O) groups excluding carboxylic acids is 2. The van der Waals surface area contributed by atoms with Gasteiger partial charge in [-0.25, -0.2) is 0 Å². The molecule has 0 heterocycles. The average molecular weight is 290 g/mol. The molecule has 1 atom stereocenters. The molecule has 116 valence electrons. The molecule has 0 bridgehead atoms. The lowest BCUT2D eigenvalue weighted by atomic mass is 10.1. The maximum Gasteiger partial charge on any atom is 0.251 e. The first-order valence-corrected chi connectivity index (χ1v) is 7.72. The first-order valence-electron chi connectivity index (χ1n) is 7.72. The Hall–Kier alpha value is -1.84. The van der Waals surface area contributed by atoms with Gasteiger partial charge in [0.05, 0.1) is 0 Å². The van der Waals surface area contributed by atoms with Gasteiger partial charge in [-0.1, -0.05) is 32.0 Å². The van der Waals surface area contributed by atoms with Gasteiger partial charge < -0.3 is 10.2 Å². The number of rotatable bonds is 8. The van der Waals surface area contributed by atoms with E-state index in [-0.39, 0.29) is 17.9 Å². The second-order valence-corrected chi connectivity index (χ2v) is 5.33. The van der Waals surface area contributed by atoms with Crippen LogP contribution in [0, 0.1) is 0 Å². The highest BCUT2D eigenvalue weighted by Gasteiger charge is 2.17. The van der Waals surface area contributed by atoms with Crippen LogP contribution in [0.5, 0.6) is 0 Å². The maximum absolute atomic E-state index is 12.2. The second-order valence-electron chi connectivity index (χ2n) is 5.33. The lowest BCUT2D eigenvalue weighted by molar-refractivity contribution is -0.131. The van der Waals surface area contributed by atoms with Crippen molar-refractivity contribution >= 4 is 11.8 Å². The topological polar surface area (TPSA) is 49.4 Å². The Kier molecular flexibility index (Phi) is 7.51. The Morgan fingerprint density at radius 2 is 1.67 bits per heavy atom. The summed E-state index contributed by atoms with van der Waals surface area (Å²) in [7, 11) is 0. The van der Waals surface area contributed by atoms with Crippen LogP contribution >= 0.6 is 0 Å². The van der Waals surface area contributed by atoms with E-state index in [9.17, 15) is 9.59 Å². The molecule has 2 amide bonds. The molecule has 0 aliphatic carbocycles. The molecule has 1 aromatic carbocycles. The van der Waals surface area contributed by atoms with Gasteiger partial charge in [-0.05, 0) is 31.9 Å². The first-order chi connectivity index (χ1) is 10.1. The van der Waals surface area contributed by atoms with Crippen molar-refractivity contribution in [3.63, 3.8) is 0 Å². The van der Waals surface area contributed by atoms with Crippen LogP contribution in [0.2, 0.25) is 0 Å². The van der Waals surface area contributed by atoms with Crippen molar-refractivity contribution in [2.75, 3.05) is 13.1 Å². The highest BCUT2D eigenvalue weighted by Crippen LogP contribution is 2.04. The zero-order valence-electron chi connectivity index (χ0n) is 13.3. The van der Waals surface area contributed by atoms with E-state index in [1.165, 1.54) is 0 Å². The van der Waals surface area contributed by atoms with E-state index < -0.39 is 0 Å². The molecule has 21 heavy (non-hydrogen) atoms. The van der Waals surface area contributed by atoms with Gasteiger partial charge in [0.2, 0.25) is 5.91 Å². The highest BCUT2D eigenvalue weighted by molar-refractivity contribution is 5.94. The monoisotopic (exact) mass is 290 g/mol. The molecular weight excluding hydrogens is 264 g/mol. The summed E-state index contributed by atoms with van der Waals surface area (Å²) in [5, 5.41) is 2.88. The molecule has 0 aromatic heterocycles. The second kappa shape index (κ2) is 9.16. The fourth-order valence-electron chi connectivity index (χ4n) is 2.24. The van der Waals surface area contributed by atoms with E-state index in [2.05, 4.69) is 19.2 Å². The molecule has 0 aliphatic heterocycles. The van der Waals surface area contributed by atoms with Crippen LogP contribution in [0.4, 0.5) is 0 Å². The van der Waals surface area contributed by atoms with Gasteiger partial charge in [-0.2, -0.15) is 0 Å². The van der Waals surface area contributed by atoms with Crippen LogP contribution in [0.1, 0.15) is 50.4 Å². The van der Waals surface area contributed by atoms with Crippen LogP contribution in [0.15, 0.2) is 30.3 Å². The van der Waals surface area contributed by atoms with Crippen LogP contribution in [0.25, 0.3) is 0 Å². The molecule has 1 unspecified atom stereocenters. The summed E-state index contributed by atoms with van der Waals surface area (Å²) in [4.78, 5) is 26.1. The Labute approximate surface area is 127 Å². The fourth-order valence-corrected chi connectivity index (χ4v) is 2.24. The van der Waals surface area contributed by atoms with E-state index in [0.717, 1.165) is 25.9 Å². The predicted octanol–water partition coefficient (Wildman–Crippen LogP) is 2.84. The molecule has 1 N–H and O–H groups in total. The number of benzene rings is 1. The lowest BCUT2D eigenvalue weighted by Crippen LogP contribution is -2.39. The van der Waals surface area contributed by atoms with E-state index in [1.54, 1.807) is 12.1 Å². The van der Waals surface area contributed by atoms with Gasteiger partial charge in [-0.15, -0.1) is 0 Å². The van der Waals surface area contributed by atoms with Gasteiger partial charge in [0, 0.05) is 31.1 Å². The summed E-state index contributed by atoms with van der Waals surface area (Å²) < 4.78 is 0. The number of hydrogen-bond donors (Lipinski definition) is 1. The molecule has 1 aromatic rings. The van der Waals surface area contributed by atoms with Gasteiger partial charge in [0.1, 0.15) is 0 Å². The number of nitrogens with zero attached hydrogens (tertiary/aromatic N) is 1. The van der Waals surface area contributed by atoms with Crippen molar-refractivity contribution in [3.8, 4) is 0 Å². The minimum absolute atomic E-state index is 0.111. The molecule has 0 spiro atoms. The fraction of sp³-hybridized carbons (Fsp3) is 0.529. The largest absolute Gasteiger partial charge is 0.349 e. The standard InChI is InChI=1S/C17H26N2O2/c1-4-11-19(12-5-2)16(20)13-14(3)18-17(21)15-9-7-6-8-10-15/h6-10,14H,4-5,11-13H2,1-3H3,(H,18,21). The lowest BCUT2D eigenvalue weighted by Gasteiger charge is -2.23. The van der Waals surface area contributed by atoms with E-state index in [1.807, 2.05) is 30.0 Å². The third kappa shape index (κ3) is 5.98. The van der Waals surface area contributed by atoms with Crippen LogP contribution in [-0.4, -0.2) is 35.8 Å². The van der Waals surface area contributed by atoms with Crippen molar-refractivity contribution in [1.82, 2.24) is 10.2 Å². The van der Waals surface area contributed by atoms with Crippen molar-refractivity contribution in [3.05, 3.63) is 35.9 Å². The Morgan fingerprint density at radius 1 is 1.10 bits per heavy atom. The van der Waals surface area contributed by atoms with Gasteiger partial charge in [0.25, 0.3) is 5.91 Å². The molecule has 0 radical (unpaired) electrons. The Balaban J connectivity index is 2.50. The summed E-state index contributed by atoms with van der Waals surface area (Å²) in [5.74, 6) is -0.0204. The van der Waals surface area contributed by atoms with Crippen molar-refractivity contribution in [1.29, 1.82) is 0 Å². The van der Waals surface area contributed by atoms with E-state index >= 15 is 0 Å². The van der Waals surface area contributed by atoms with Crippen molar-refractivity contribution in [2.45, 2.75) is 46.1 Å². The van der Waals surface area contributed by atoms with Crippen molar-refractivity contribution < 1.29 is 9.59 Å². The number of hydrogen-bond acceptors (Lipinski definition) is 2. The van der Waals surface area contributed by atoms with E-state index in [4.69, 9.17) is 0 Å². The summed E-state index contributed by atoms with van der Waals surface area (Å²) in [6.45, 7) is 7.57. The normalized spacial score (nSPS) is 11.8. The van der Waals surface area contributed by atoms with Gasteiger partial charge in [-0.3, -0.25) is 9.59 Å². The minimum Gasteiger partial charge on any atom is -0.349 e. The average Bonchev–Trinajstić information content (AvgIpc) is 2.47. The van der Waals surface area contributed by atoms with Crippen molar-refractivity contribution in [2.24, 2.45) is 0 Å². The number of amides is 2. The summed E-state index contributed by atoms with van der Waals surface area (Å²) >= 11 is 0. The zero-order valence-corrected chi connectivity index (χ0v) is 13.3. The SMILES string of the molecule is CCCN(CCC)C(=O)CC(C)NC(=O)c1ccccc1. The smallest absolute Gasteiger partial charge is 0.251 e. The summed E-state index contributed by atoms with van der Waals surface area (Å²) in [5.41, 5.74) is 0.621. The number of carbonyl (C=O) groups is 2. The molecule has 1 rings (SSSR count). The van der Waals surface area contributed by atoms with Crippen LogP contribution < -0.4 is 5.32 Å². The first kappa shape index (κ1) is 17.2. The molecule has 0 saturated carbocycles.